The summed E-state index contributed by atoms with van der Waals surface area (Å²) in [6.07, 6.45) is 4.50. The number of aromatic nitrogens is 2. The van der Waals surface area contributed by atoms with Crippen LogP contribution in [-0.4, -0.2) is 9.55 Å². The maximum absolute atomic E-state index is 6.08. The van der Waals surface area contributed by atoms with Crippen LogP contribution in [0.25, 0.3) is 5.69 Å². The quantitative estimate of drug-likeness (QED) is 0.906. The van der Waals surface area contributed by atoms with E-state index in [4.69, 9.17) is 5.73 Å². The summed E-state index contributed by atoms with van der Waals surface area (Å²) in [7, 11) is 0. The molecule has 1 heterocycles. The van der Waals surface area contributed by atoms with E-state index in [1.54, 1.807) is 6.33 Å². The first-order valence-corrected chi connectivity index (χ1v) is 6.95. The van der Waals surface area contributed by atoms with Crippen LogP contribution in [0.5, 0.6) is 0 Å². The molecule has 0 spiro atoms. The second kappa shape index (κ2) is 5.33. The van der Waals surface area contributed by atoms with Crippen LogP contribution < -0.4 is 5.73 Å². The summed E-state index contributed by atoms with van der Waals surface area (Å²) in [6, 6.07) is 6.03. The molecule has 1 atom stereocenters. The zero-order valence-electron chi connectivity index (χ0n) is 9.40. The number of benzene rings is 1. The average molecular weight is 359 g/mol. The van der Waals surface area contributed by atoms with E-state index in [9.17, 15) is 0 Å². The van der Waals surface area contributed by atoms with Gasteiger partial charge in [0.15, 0.2) is 0 Å². The van der Waals surface area contributed by atoms with E-state index in [0.717, 1.165) is 26.7 Å². The molecule has 0 radical (unpaired) electrons. The first kappa shape index (κ1) is 12.8. The molecule has 0 saturated heterocycles. The number of halogens is 2. The van der Waals surface area contributed by atoms with Gasteiger partial charge in [0, 0.05) is 15.0 Å². The van der Waals surface area contributed by atoms with Crippen molar-refractivity contribution < 1.29 is 0 Å². The Balaban J connectivity index is 2.53. The second-order valence-corrected chi connectivity index (χ2v) is 5.57. The zero-order chi connectivity index (χ0) is 12.4. The fourth-order valence-electron chi connectivity index (χ4n) is 1.66. The summed E-state index contributed by atoms with van der Waals surface area (Å²) in [5, 5.41) is 0. The van der Waals surface area contributed by atoms with E-state index in [0.29, 0.717) is 0 Å². The molecule has 5 heteroatoms. The lowest BCUT2D eigenvalue weighted by Crippen LogP contribution is -2.13. The van der Waals surface area contributed by atoms with Gasteiger partial charge in [0.05, 0.1) is 23.9 Å². The minimum atomic E-state index is 0.00313. The first-order chi connectivity index (χ1) is 8.13. The molecule has 90 valence electrons. The fraction of sp³-hybridized carbons (Fsp3) is 0.250. The van der Waals surface area contributed by atoms with Crippen molar-refractivity contribution in [3.63, 3.8) is 0 Å². The highest BCUT2D eigenvalue weighted by atomic mass is 79.9. The molecule has 2 rings (SSSR count). The third-order valence-electron chi connectivity index (χ3n) is 2.65. The smallest absolute Gasteiger partial charge is 0.0995 e. The number of nitrogens with two attached hydrogens (primary N) is 1. The maximum atomic E-state index is 6.08. The summed E-state index contributed by atoms with van der Waals surface area (Å²) in [5.41, 5.74) is 8.13. The summed E-state index contributed by atoms with van der Waals surface area (Å²) in [6.45, 7) is 2.07. The molecular weight excluding hydrogens is 346 g/mol. The Morgan fingerprint density at radius 1 is 1.41 bits per heavy atom. The Bertz CT molecular complexity index is 522. The van der Waals surface area contributed by atoms with Gasteiger partial charge in [-0.1, -0.05) is 22.9 Å². The van der Waals surface area contributed by atoms with Crippen molar-refractivity contribution in [3.8, 4) is 5.69 Å². The van der Waals surface area contributed by atoms with Crippen LogP contribution in [0.2, 0.25) is 0 Å². The van der Waals surface area contributed by atoms with Gasteiger partial charge in [-0.25, -0.2) is 4.98 Å². The van der Waals surface area contributed by atoms with Crippen LogP contribution in [-0.2, 0) is 0 Å². The second-order valence-electron chi connectivity index (χ2n) is 3.80. The molecule has 0 saturated carbocycles. The monoisotopic (exact) mass is 357 g/mol. The lowest BCUT2D eigenvalue weighted by atomic mass is 10.2. The van der Waals surface area contributed by atoms with E-state index in [2.05, 4.69) is 43.8 Å². The molecule has 2 aromatic rings. The number of rotatable bonds is 3. The van der Waals surface area contributed by atoms with Gasteiger partial charge in [0.1, 0.15) is 0 Å². The van der Waals surface area contributed by atoms with Gasteiger partial charge < -0.3 is 10.3 Å². The predicted octanol–water partition coefficient (Wildman–Crippen LogP) is 3.81. The zero-order valence-corrected chi connectivity index (χ0v) is 12.6. The standard InChI is InChI=1S/C12H13Br2N3/c1-2-10(15)12-6-16-7-17(12)11-5-8(13)3-4-9(11)14/h3-7,10H,2,15H2,1H3/t10-/m1/s1. The first-order valence-electron chi connectivity index (χ1n) is 5.36. The van der Waals surface area contributed by atoms with E-state index < -0.39 is 0 Å². The molecule has 0 aliphatic rings. The largest absolute Gasteiger partial charge is 0.323 e. The SMILES string of the molecule is CC[C@@H](N)c1cncn1-c1cc(Br)ccc1Br. The Labute approximate surface area is 117 Å². The molecule has 17 heavy (non-hydrogen) atoms. The lowest BCUT2D eigenvalue weighted by Gasteiger charge is -2.14. The topological polar surface area (TPSA) is 43.8 Å². The highest BCUT2D eigenvalue weighted by molar-refractivity contribution is 9.11. The van der Waals surface area contributed by atoms with E-state index in [1.165, 1.54) is 0 Å². The van der Waals surface area contributed by atoms with Crippen LogP contribution in [0.1, 0.15) is 25.1 Å². The van der Waals surface area contributed by atoms with Crippen LogP contribution in [0.15, 0.2) is 39.7 Å². The van der Waals surface area contributed by atoms with Crippen LogP contribution >= 0.6 is 31.9 Å². The Morgan fingerprint density at radius 3 is 2.88 bits per heavy atom. The van der Waals surface area contributed by atoms with Gasteiger partial charge in [0.2, 0.25) is 0 Å². The normalized spacial score (nSPS) is 12.7. The molecular formula is C12H13Br2N3. The van der Waals surface area contributed by atoms with Crippen molar-refractivity contribution in [1.29, 1.82) is 0 Å². The van der Waals surface area contributed by atoms with Crippen LogP contribution in [0.4, 0.5) is 0 Å². The number of hydrogen-bond donors (Lipinski definition) is 1. The van der Waals surface area contributed by atoms with E-state index in [1.807, 2.05) is 29.0 Å². The summed E-state index contributed by atoms with van der Waals surface area (Å²) < 4.78 is 4.06. The average Bonchev–Trinajstić information content (AvgIpc) is 2.80. The van der Waals surface area contributed by atoms with Gasteiger partial charge in [-0.2, -0.15) is 0 Å². The summed E-state index contributed by atoms with van der Waals surface area (Å²) in [4.78, 5) is 4.19. The molecule has 0 aliphatic heterocycles. The van der Waals surface area contributed by atoms with Crippen molar-refractivity contribution in [2.45, 2.75) is 19.4 Å². The summed E-state index contributed by atoms with van der Waals surface area (Å²) >= 11 is 7.02. The third-order valence-corrected chi connectivity index (χ3v) is 3.82. The van der Waals surface area contributed by atoms with E-state index >= 15 is 0 Å². The number of hydrogen-bond acceptors (Lipinski definition) is 2. The van der Waals surface area contributed by atoms with Crippen molar-refractivity contribution >= 4 is 31.9 Å². The van der Waals surface area contributed by atoms with E-state index in [-0.39, 0.29) is 6.04 Å². The van der Waals surface area contributed by atoms with Gasteiger partial charge in [0.25, 0.3) is 0 Å². The Kier molecular flexibility index (Phi) is 4.01. The molecule has 0 bridgehead atoms. The highest BCUT2D eigenvalue weighted by Crippen LogP contribution is 2.27. The molecule has 0 unspecified atom stereocenters. The Hall–Kier alpha value is -0.650. The predicted molar refractivity (Wildman–Crippen MR) is 76.2 cm³/mol. The third kappa shape index (κ3) is 2.61. The van der Waals surface area contributed by atoms with Crippen LogP contribution in [0.3, 0.4) is 0 Å². The number of nitrogens with zero attached hydrogens (tertiary/aromatic N) is 2. The molecule has 2 N–H and O–H groups in total. The van der Waals surface area contributed by atoms with Crippen molar-refractivity contribution in [2.75, 3.05) is 0 Å². The molecule has 1 aromatic carbocycles. The minimum Gasteiger partial charge on any atom is -0.323 e. The van der Waals surface area contributed by atoms with Gasteiger partial charge in [-0.05, 0) is 40.5 Å². The van der Waals surface area contributed by atoms with Gasteiger partial charge >= 0.3 is 0 Å². The molecule has 0 fully saturated rings. The summed E-state index contributed by atoms with van der Waals surface area (Å²) in [5.74, 6) is 0. The van der Waals surface area contributed by atoms with Crippen molar-refractivity contribution in [3.05, 3.63) is 45.4 Å². The van der Waals surface area contributed by atoms with Crippen molar-refractivity contribution in [2.24, 2.45) is 5.73 Å². The Morgan fingerprint density at radius 2 is 2.18 bits per heavy atom. The molecule has 3 nitrogen and oxygen atoms in total. The molecule has 0 aliphatic carbocycles. The maximum Gasteiger partial charge on any atom is 0.0995 e. The minimum absolute atomic E-state index is 0.00313. The highest BCUT2D eigenvalue weighted by Gasteiger charge is 2.12. The lowest BCUT2D eigenvalue weighted by molar-refractivity contribution is 0.659. The van der Waals surface area contributed by atoms with Gasteiger partial charge in [-0.15, -0.1) is 0 Å². The van der Waals surface area contributed by atoms with Crippen molar-refractivity contribution in [1.82, 2.24) is 9.55 Å². The molecule has 0 amide bonds. The molecule has 1 aromatic heterocycles. The number of imidazole rings is 1. The van der Waals surface area contributed by atoms with Crippen LogP contribution in [0, 0.1) is 0 Å². The van der Waals surface area contributed by atoms with Gasteiger partial charge in [-0.3, -0.25) is 0 Å². The fourth-order valence-corrected chi connectivity index (χ4v) is 2.45.